The molecule has 1 aromatic carbocycles. The molecule has 0 aliphatic rings. The van der Waals surface area contributed by atoms with Crippen molar-refractivity contribution >= 4 is 28.1 Å². The summed E-state index contributed by atoms with van der Waals surface area (Å²) in [5, 5.41) is 0.968. The lowest BCUT2D eigenvalue weighted by molar-refractivity contribution is 0.296. The predicted molar refractivity (Wildman–Crippen MR) is 82.7 cm³/mol. The van der Waals surface area contributed by atoms with E-state index in [9.17, 15) is 0 Å². The molecule has 1 aromatic heterocycles. The van der Waals surface area contributed by atoms with Gasteiger partial charge in [0.25, 0.3) is 0 Å². The molecule has 100 valence electrons. The summed E-state index contributed by atoms with van der Waals surface area (Å²) in [6, 6.07) is 9.64. The van der Waals surface area contributed by atoms with Crippen molar-refractivity contribution in [1.29, 1.82) is 0 Å². The molecule has 19 heavy (non-hydrogen) atoms. The van der Waals surface area contributed by atoms with Gasteiger partial charge in [-0.2, -0.15) is 0 Å². The van der Waals surface area contributed by atoms with Crippen LogP contribution in [0.5, 0.6) is 5.88 Å². The molecule has 2 N–H and O–H groups in total. The monoisotopic (exact) mass is 274 g/mol. The summed E-state index contributed by atoms with van der Waals surface area (Å²) in [6.45, 7) is 2.84. The van der Waals surface area contributed by atoms with Gasteiger partial charge in [-0.3, -0.25) is 0 Å². The van der Waals surface area contributed by atoms with Crippen molar-refractivity contribution in [3.05, 3.63) is 35.9 Å². The minimum Gasteiger partial charge on any atom is -0.478 e. The van der Waals surface area contributed by atoms with Crippen LogP contribution >= 0.6 is 12.2 Å². The van der Waals surface area contributed by atoms with E-state index < -0.39 is 0 Å². The molecule has 0 aliphatic heterocycles. The number of hydrogen-bond donors (Lipinski definition) is 1. The maximum Gasteiger partial charge on any atom is 0.214 e. The van der Waals surface area contributed by atoms with E-state index in [0.717, 1.165) is 29.3 Å². The van der Waals surface area contributed by atoms with Crippen LogP contribution in [-0.4, -0.2) is 16.6 Å². The number of benzene rings is 1. The molecule has 0 radical (unpaired) electrons. The zero-order chi connectivity index (χ0) is 13.7. The third-order valence-corrected chi connectivity index (χ3v) is 3.18. The molecule has 0 fully saturated rings. The van der Waals surface area contributed by atoms with Crippen molar-refractivity contribution in [2.45, 2.75) is 26.2 Å². The van der Waals surface area contributed by atoms with Gasteiger partial charge in [-0.25, -0.2) is 4.98 Å². The maximum atomic E-state index is 5.77. The number of fused-ring (bicyclic) bond motifs is 1. The minimum atomic E-state index is 0.372. The second kappa shape index (κ2) is 6.48. The Bertz CT molecular complexity index is 583. The minimum absolute atomic E-state index is 0.372. The smallest absolute Gasteiger partial charge is 0.214 e. The molecule has 0 unspecified atom stereocenters. The highest BCUT2D eigenvalue weighted by Crippen LogP contribution is 2.22. The molecule has 0 saturated carbocycles. The second-order valence-electron chi connectivity index (χ2n) is 4.45. The SMILES string of the molecule is CCCCCOc1cc(C(N)=S)c2ccccc2n1. The molecular weight excluding hydrogens is 256 g/mol. The summed E-state index contributed by atoms with van der Waals surface area (Å²) in [5.41, 5.74) is 7.46. The van der Waals surface area contributed by atoms with Gasteiger partial charge in [0.15, 0.2) is 0 Å². The zero-order valence-corrected chi connectivity index (χ0v) is 11.9. The number of hydrogen-bond acceptors (Lipinski definition) is 3. The van der Waals surface area contributed by atoms with E-state index >= 15 is 0 Å². The number of nitrogens with zero attached hydrogens (tertiary/aromatic N) is 1. The topological polar surface area (TPSA) is 48.1 Å². The van der Waals surface area contributed by atoms with E-state index in [1.165, 1.54) is 6.42 Å². The molecule has 0 aliphatic carbocycles. The molecule has 2 aromatic rings. The second-order valence-corrected chi connectivity index (χ2v) is 4.88. The first kappa shape index (κ1) is 13.7. The van der Waals surface area contributed by atoms with Crippen LogP contribution in [0, 0.1) is 0 Å². The van der Waals surface area contributed by atoms with E-state index in [4.69, 9.17) is 22.7 Å². The van der Waals surface area contributed by atoms with Crippen LogP contribution in [0.2, 0.25) is 0 Å². The van der Waals surface area contributed by atoms with Crippen LogP contribution in [0.3, 0.4) is 0 Å². The lowest BCUT2D eigenvalue weighted by atomic mass is 10.1. The number of aromatic nitrogens is 1. The Morgan fingerprint density at radius 1 is 1.32 bits per heavy atom. The van der Waals surface area contributed by atoms with Gasteiger partial charge < -0.3 is 10.5 Å². The molecule has 0 amide bonds. The van der Waals surface area contributed by atoms with Crippen molar-refractivity contribution in [3.63, 3.8) is 0 Å². The third kappa shape index (κ3) is 3.41. The Morgan fingerprint density at radius 2 is 2.11 bits per heavy atom. The Hall–Kier alpha value is -1.68. The Kier molecular flexibility index (Phi) is 4.68. The van der Waals surface area contributed by atoms with Crippen molar-refractivity contribution < 1.29 is 4.74 Å². The highest BCUT2D eigenvalue weighted by atomic mass is 32.1. The first-order valence-electron chi connectivity index (χ1n) is 6.54. The van der Waals surface area contributed by atoms with Gasteiger partial charge >= 0.3 is 0 Å². The van der Waals surface area contributed by atoms with Crippen LogP contribution < -0.4 is 10.5 Å². The van der Waals surface area contributed by atoms with Gasteiger partial charge in [-0.15, -0.1) is 0 Å². The van der Waals surface area contributed by atoms with E-state index in [-0.39, 0.29) is 0 Å². The summed E-state index contributed by atoms with van der Waals surface area (Å²) in [6.07, 6.45) is 3.37. The van der Waals surface area contributed by atoms with Crippen molar-refractivity contribution in [1.82, 2.24) is 4.98 Å². The fourth-order valence-electron chi connectivity index (χ4n) is 1.96. The number of unbranched alkanes of at least 4 members (excludes halogenated alkanes) is 2. The highest BCUT2D eigenvalue weighted by Gasteiger charge is 2.08. The largest absolute Gasteiger partial charge is 0.478 e. The number of ether oxygens (including phenoxy) is 1. The van der Waals surface area contributed by atoms with Crippen LogP contribution in [0.4, 0.5) is 0 Å². The quantitative estimate of drug-likeness (QED) is 0.647. The number of nitrogens with two attached hydrogens (primary N) is 1. The van der Waals surface area contributed by atoms with Gasteiger partial charge in [0, 0.05) is 17.0 Å². The van der Waals surface area contributed by atoms with Crippen LogP contribution in [0.1, 0.15) is 31.7 Å². The number of rotatable bonds is 6. The lowest BCUT2D eigenvalue weighted by Gasteiger charge is -2.09. The van der Waals surface area contributed by atoms with E-state index in [1.54, 1.807) is 0 Å². The lowest BCUT2D eigenvalue weighted by Crippen LogP contribution is -2.11. The molecule has 0 saturated heterocycles. The molecule has 0 bridgehead atoms. The summed E-state index contributed by atoms with van der Waals surface area (Å²) >= 11 is 5.10. The molecule has 2 rings (SSSR count). The number of para-hydroxylation sites is 1. The summed E-state index contributed by atoms with van der Waals surface area (Å²) in [4.78, 5) is 4.85. The average molecular weight is 274 g/mol. The van der Waals surface area contributed by atoms with Gasteiger partial charge in [-0.1, -0.05) is 50.2 Å². The standard InChI is InChI=1S/C15H18N2OS/c1-2-3-6-9-18-14-10-12(15(16)19)11-7-4-5-8-13(11)17-14/h4-5,7-8,10H,2-3,6,9H2,1H3,(H2,16,19). The van der Waals surface area contributed by atoms with Crippen molar-refractivity contribution in [3.8, 4) is 5.88 Å². The first-order chi connectivity index (χ1) is 9.22. The first-order valence-corrected chi connectivity index (χ1v) is 6.95. The third-order valence-electron chi connectivity index (χ3n) is 2.96. The normalized spacial score (nSPS) is 10.6. The van der Waals surface area contributed by atoms with Crippen LogP contribution in [0.25, 0.3) is 10.9 Å². The van der Waals surface area contributed by atoms with Gasteiger partial charge in [-0.05, 0) is 12.5 Å². The van der Waals surface area contributed by atoms with Crippen LogP contribution in [0.15, 0.2) is 30.3 Å². The fraction of sp³-hybridized carbons (Fsp3) is 0.333. The zero-order valence-electron chi connectivity index (χ0n) is 11.1. The van der Waals surface area contributed by atoms with E-state index in [0.29, 0.717) is 17.5 Å². The van der Waals surface area contributed by atoms with Crippen LogP contribution in [-0.2, 0) is 0 Å². The number of pyridine rings is 1. The fourth-order valence-corrected chi connectivity index (χ4v) is 2.13. The Balaban J connectivity index is 2.27. The summed E-state index contributed by atoms with van der Waals surface area (Å²) < 4.78 is 5.68. The predicted octanol–water partition coefficient (Wildman–Crippen LogP) is 3.44. The van der Waals surface area contributed by atoms with E-state index in [1.807, 2.05) is 30.3 Å². The number of thiocarbonyl (C=S) groups is 1. The molecular formula is C15H18N2OS. The Morgan fingerprint density at radius 3 is 2.84 bits per heavy atom. The molecule has 0 spiro atoms. The Labute approximate surface area is 118 Å². The van der Waals surface area contributed by atoms with Gasteiger partial charge in [0.05, 0.1) is 12.1 Å². The molecule has 4 heteroatoms. The van der Waals surface area contributed by atoms with Crippen molar-refractivity contribution in [2.24, 2.45) is 5.73 Å². The van der Waals surface area contributed by atoms with Gasteiger partial charge in [0.2, 0.25) is 5.88 Å². The summed E-state index contributed by atoms with van der Waals surface area (Å²) in [5.74, 6) is 0.595. The van der Waals surface area contributed by atoms with Crippen molar-refractivity contribution in [2.75, 3.05) is 6.61 Å². The maximum absolute atomic E-state index is 5.77. The molecule has 3 nitrogen and oxygen atoms in total. The summed E-state index contributed by atoms with van der Waals surface area (Å²) in [7, 11) is 0. The highest BCUT2D eigenvalue weighted by molar-refractivity contribution is 7.80. The molecule has 0 atom stereocenters. The average Bonchev–Trinajstić information content (AvgIpc) is 2.42. The molecule has 1 heterocycles. The van der Waals surface area contributed by atoms with Gasteiger partial charge in [0.1, 0.15) is 4.99 Å². The van der Waals surface area contributed by atoms with E-state index in [2.05, 4.69) is 11.9 Å².